The molecule has 18 heavy (non-hydrogen) atoms. The van der Waals surface area contributed by atoms with E-state index in [-0.39, 0.29) is 17.9 Å². The lowest BCUT2D eigenvalue weighted by atomic mass is 9.86. The van der Waals surface area contributed by atoms with Gasteiger partial charge in [-0.15, -0.1) is 0 Å². The average molecular weight is 253 g/mol. The third-order valence-corrected chi connectivity index (χ3v) is 4.58. The van der Waals surface area contributed by atoms with Crippen molar-refractivity contribution in [3.05, 3.63) is 0 Å². The number of nitrogens with zero attached hydrogens (tertiary/aromatic N) is 1. The number of hydrogen-bond donors (Lipinski definition) is 1. The molecule has 1 amide bonds. The summed E-state index contributed by atoms with van der Waals surface area (Å²) in [5.41, 5.74) is 0. The number of likely N-dealkylation sites (tertiary alicyclic amines) is 1. The van der Waals surface area contributed by atoms with Gasteiger partial charge < -0.3 is 10.0 Å². The average Bonchev–Trinajstić information content (AvgIpc) is 2.72. The highest BCUT2D eigenvalue weighted by atomic mass is 16.4. The molecule has 0 bridgehead atoms. The second-order valence-electron chi connectivity index (χ2n) is 5.77. The van der Waals surface area contributed by atoms with E-state index in [4.69, 9.17) is 5.11 Å². The SMILES string of the molecule is CC1C(C(=O)O)CCN1C(=O)CC1CCCCC1. The fourth-order valence-corrected chi connectivity index (χ4v) is 3.38. The van der Waals surface area contributed by atoms with E-state index in [0.717, 1.165) is 12.8 Å². The van der Waals surface area contributed by atoms with Gasteiger partial charge in [-0.2, -0.15) is 0 Å². The number of carbonyl (C=O) groups is 2. The molecule has 1 aliphatic carbocycles. The molecule has 1 heterocycles. The maximum absolute atomic E-state index is 12.2. The minimum Gasteiger partial charge on any atom is -0.481 e. The molecule has 1 N–H and O–H groups in total. The predicted octanol–water partition coefficient (Wildman–Crippen LogP) is 2.28. The summed E-state index contributed by atoms with van der Waals surface area (Å²) in [7, 11) is 0. The van der Waals surface area contributed by atoms with Crippen molar-refractivity contribution < 1.29 is 14.7 Å². The van der Waals surface area contributed by atoms with Gasteiger partial charge in [0.2, 0.25) is 5.91 Å². The van der Waals surface area contributed by atoms with Crippen molar-refractivity contribution in [2.24, 2.45) is 11.8 Å². The molecule has 102 valence electrons. The lowest BCUT2D eigenvalue weighted by Crippen LogP contribution is -2.38. The van der Waals surface area contributed by atoms with Gasteiger partial charge in [-0.05, 0) is 32.1 Å². The van der Waals surface area contributed by atoms with Gasteiger partial charge in [0.25, 0.3) is 0 Å². The van der Waals surface area contributed by atoms with Crippen LogP contribution in [0.3, 0.4) is 0 Å². The van der Waals surface area contributed by atoms with Crippen molar-refractivity contribution >= 4 is 11.9 Å². The van der Waals surface area contributed by atoms with Gasteiger partial charge >= 0.3 is 5.97 Å². The Kier molecular flexibility index (Phi) is 4.25. The first-order chi connectivity index (χ1) is 8.59. The van der Waals surface area contributed by atoms with Gasteiger partial charge in [-0.1, -0.05) is 19.3 Å². The third kappa shape index (κ3) is 2.85. The zero-order chi connectivity index (χ0) is 13.1. The molecule has 4 nitrogen and oxygen atoms in total. The predicted molar refractivity (Wildman–Crippen MR) is 68.1 cm³/mol. The minimum absolute atomic E-state index is 0.140. The molecule has 0 radical (unpaired) electrons. The van der Waals surface area contributed by atoms with E-state index in [1.54, 1.807) is 4.90 Å². The third-order valence-electron chi connectivity index (χ3n) is 4.58. The summed E-state index contributed by atoms with van der Waals surface area (Å²) in [6, 6.07) is -0.140. The Hall–Kier alpha value is -1.06. The second-order valence-corrected chi connectivity index (χ2v) is 5.77. The molecular weight excluding hydrogens is 230 g/mol. The van der Waals surface area contributed by atoms with Crippen LogP contribution in [0.1, 0.15) is 51.9 Å². The Balaban J connectivity index is 1.87. The first kappa shape index (κ1) is 13.4. The van der Waals surface area contributed by atoms with Crippen LogP contribution in [-0.4, -0.2) is 34.5 Å². The molecule has 1 aliphatic heterocycles. The van der Waals surface area contributed by atoms with E-state index in [1.165, 1.54) is 19.3 Å². The van der Waals surface area contributed by atoms with Gasteiger partial charge in [0, 0.05) is 19.0 Å². The van der Waals surface area contributed by atoms with Crippen molar-refractivity contribution in [2.75, 3.05) is 6.54 Å². The molecule has 1 saturated carbocycles. The van der Waals surface area contributed by atoms with E-state index in [0.29, 0.717) is 25.3 Å². The van der Waals surface area contributed by atoms with E-state index < -0.39 is 5.97 Å². The van der Waals surface area contributed by atoms with Crippen LogP contribution in [0.5, 0.6) is 0 Å². The van der Waals surface area contributed by atoms with Crippen molar-refractivity contribution in [1.29, 1.82) is 0 Å². The van der Waals surface area contributed by atoms with Crippen LogP contribution in [0.4, 0.5) is 0 Å². The highest BCUT2D eigenvalue weighted by Gasteiger charge is 2.38. The van der Waals surface area contributed by atoms with Crippen LogP contribution in [0, 0.1) is 11.8 Å². The maximum Gasteiger partial charge on any atom is 0.308 e. The van der Waals surface area contributed by atoms with E-state index in [9.17, 15) is 9.59 Å². The number of carbonyl (C=O) groups excluding carboxylic acids is 1. The summed E-state index contributed by atoms with van der Waals surface area (Å²) in [4.78, 5) is 25.0. The van der Waals surface area contributed by atoms with Gasteiger partial charge in [0.1, 0.15) is 0 Å². The van der Waals surface area contributed by atoms with Crippen LogP contribution < -0.4 is 0 Å². The molecule has 2 atom stereocenters. The quantitative estimate of drug-likeness (QED) is 0.839. The second kappa shape index (κ2) is 5.72. The van der Waals surface area contributed by atoms with Gasteiger partial charge in [0.15, 0.2) is 0 Å². The molecule has 0 aromatic heterocycles. The summed E-state index contributed by atoms with van der Waals surface area (Å²) in [6.45, 7) is 2.48. The van der Waals surface area contributed by atoms with E-state index in [1.807, 2.05) is 6.92 Å². The zero-order valence-electron chi connectivity index (χ0n) is 11.1. The summed E-state index contributed by atoms with van der Waals surface area (Å²) in [5.74, 6) is -0.448. The molecule has 0 aromatic rings. The van der Waals surface area contributed by atoms with Crippen LogP contribution in [0.15, 0.2) is 0 Å². The van der Waals surface area contributed by atoms with Crippen LogP contribution >= 0.6 is 0 Å². The van der Waals surface area contributed by atoms with Crippen molar-refractivity contribution in [3.63, 3.8) is 0 Å². The van der Waals surface area contributed by atoms with Crippen molar-refractivity contribution in [2.45, 2.75) is 57.9 Å². The number of aliphatic carboxylic acids is 1. The lowest BCUT2D eigenvalue weighted by molar-refractivity contribution is -0.143. The first-order valence-electron chi connectivity index (χ1n) is 7.12. The van der Waals surface area contributed by atoms with Crippen molar-refractivity contribution in [3.8, 4) is 0 Å². The number of carboxylic acids is 1. The Labute approximate surface area is 108 Å². The number of carboxylic acid groups (broad SMARTS) is 1. The molecule has 2 aliphatic rings. The standard InChI is InChI=1S/C14H23NO3/c1-10-12(14(17)18)7-8-15(10)13(16)9-11-5-3-2-4-6-11/h10-12H,2-9H2,1H3,(H,17,18). The lowest BCUT2D eigenvalue weighted by Gasteiger charge is -2.27. The summed E-state index contributed by atoms with van der Waals surface area (Å²) in [5, 5.41) is 9.07. The normalized spacial score (nSPS) is 29.5. The number of rotatable bonds is 3. The molecule has 0 aromatic carbocycles. The van der Waals surface area contributed by atoms with E-state index >= 15 is 0 Å². The Morgan fingerprint density at radius 3 is 2.39 bits per heavy atom. The molecular formula is C14H23NO3. The highest BCUT2D eigenvalue weighted by Crippen LogP contribution is 2.30. The topological polar surface area (TPSA) is 57.6 Å². The maximum atomic E-state index is 12.2. The molecule has 2 rings (SSSR count). The van der Waals surface area contributed by atoms with Gasteiger partial charge in [-0.25, -0.2) is 0 Å². The smallest absolute Gasteiger partial charge is 0.308 e. The van der Waals surface area contributed by atoms with Crippen LogP contribution in [0.25, 0.3) is 0 Å². The number of hydrogen-bond acceptors (Lipinski definition) is 2. The Morgan fingerprint density at radius 1 is 1.17 bits per heavy atom. The van der Waals surface area contributed by atoms with Crippen LogP contribution in [0.2, 0.25) is 0 Å². The summed E-state index contributed by atoms with van der Waals surface area (Å²) >= 11 is 0. The molecule has 4 heteroatoms. The fraction of sp³-hybridized carbons (Fsp3) is 0.857. The molecule has 2 unspecified atom stereocenters. The Morgan fingerprint density at radius 2 is 1.83 bits per heavy atom. The number of amides is 1. The zero-order valence-corrected chi connectivity index (χ0v) is 11.1. The van der Waals surface area contributed by atoms with Gasteiger partial charge in [0.05, 0.1) is 5.92 Å². The molecule has 0 spiro atoms. The highest BCUT2D eigenvalue weighted by molar-refractivity contribution is 5.79. The minimum atomic E-state index is -0.768. The molecule has 2 fully saturated rings. The van der Waals surface area contributed by atoms with Crippen molar-refractivity contribution in [1.82, 2.24) is 4.90 Å². The monoisotopic (exact) mass is 253 g/mol. The summed E-state index contributed by atoms with van der Waals surface area (Å²) < 4.78 is 0. The summed E-state index contributed by atoms with van der Waals surface area (Å²) in [6.07, 6.45) is 7.33. The van der Waals surface area contributed by atoms with Crippen LogP contribution in [-0.2, 0) is 9.59 Å². The fourth-order valence-electron chi connectivity index (χ4n) is 3.38. The van der Waals surface area contributed by atoms with Gasteiger partial charge in [-0.3, -0.25) is 9.59 Å². The largest absolute Gasteiger partial charge is 0.481 e. The Bertz CT molecular complexity index is 323. The van der Waals surface area contributed by atoms with E-state index in [2.05, 4.69) is 0 Å². The first-order valence-corrected chi connectivity index (χ1v) is 7.12. The molecule has 1 saturated heterocycles.